The van der Waals surface area contributed by atoms with Crippen LogP contribution in [0, 0.1) is 0 Å². The van der Waals surface area contributed by atoms with Crippen molar-refractivity contribution < 1.29 is 4.42 Å². The molecule has 0 aliphatic carbocycles. The van der Waals surface area contributed by atoms with Crippen LogP contribution < -0.4 is 0 Å². The van der Waals surface area contributed by atoms with Crippen molar-refractivity contribution in [2.75, 3.05) is 0 Å². The third-order valence-electron chi connectivity index (χ3n) is 10.5. The van der Waals surface area contributed by atoms with Crippen LogP contribution in [0.1, 0.15) is 0 Å². The molecule has 0 spiro atoms. The van der Waals surface area contributed by atoms with Gasteiger partial charge in [-0.3, -0.25) is 0 Å². The SMILES string of the molecule is c1ccc(-c2ccc(-n3c4ccccc4c4ccc5c6ccc7c8ccccc8n(-c8ccc(-c9ccccc9)cc8)c7c6oc5c43)cc2)cc1. The zero-order chi connectivity index (χ0) is 33.5. The number of hydrogen-bond acceptors (Lipinski definition) is 1. The van der Waals surface area contributed by atoms with Gasteiger partial charge in [-0.25, -0.2) is 0 Å². The minimum Gasteiger partial charge on any atom is -0.452 e. The first kappa shape index (κ1) is 28.0. The van der Waals surface area contributed by atoms with Crippen LogP contribution in [0.25, 0.3) is 99.2 Å². The summed E-state index contributed by atoms with van der Waals surface area (Å²) in [4.78, 5) is 0. The Labute approximate surface area is 293 Å². The Morgan fingerprint density at radius 2 is 0.627 bits per heavy atom. The van der Waals surface area contributed by atoms with Gasteiger partial charge >= 0.3 is 0 Å². The predicted octanol–water partition coefficient (Wildman–Crippen LogP) is 13.1. The van der Waals surface area contributed by atoms with Crippen molar-refractivity contribution >= 4 is 65.6 Å². The lowest BCUT2D eigenvalue weighted by Gasteiger charge is -2.10. The summed E-state index contributed by atoms with van der Waals surface area (Å²) in [7, 11) is 0. The van der Waals surface area contributed by atoms with Crippen LogP contribution in [-0.2, 0) is 0 Å². The largest absolute Gasteiger partial charge is 0.452 e. The molecule has 0 unspecified atom stereocenters. The Bertz CT molecular complexity index is 2880. The van der Waals surface area contributed by atoms with E-state index in [1.54, 1.807) is 0 Å². The van der Waals surface area contributed by atoms with Gasteiger partial charge in [0.25, 0.3) is 0 Å². The number of rotatable bonds is 4. The Morgan fingerprint density at radius 1 is 0.275 bits per heavy atom. The van der Waals surface area contributed by atoms with E-state index in [0.29, 0.717) is 0 Å². The van der Waals surface area contributed by atoms with Crippen LogP contribution >= 0.6 is 0 Å². The molecule has 0 radical (unpaired) electrons. The summed E-state index contributed by atoms with van der Waals surface area (Å²) in [5, 5.41) is 7.00. The number of nitrogens with zero attached hydrogens (tertiary/aromatic N) is 2. The van der Waals surface area contributed by atoms with E-state index in [9.17, 15) is 0 Å². The number of fused-ring (bicyclic) bond motifs is 11. The fourth-order valence-electron chi connectivity index (χ4n) is 8.19. The third-order valence-corrected chi connectivity index (χ3v) is 10.5. The molecule has 11 rings (SSSR count). The molecule has 0 fully saturated rings. The molecule has 3 nitrogen and oxygen atoms in total. The maximum Gasteiger partial charge on any atom is 0.160 e. The summed E-state index contributed by atoms with van der Waals surface area (Å²) in [5.41, 5.74) is 13.3. The van der Waals surface area contributed by atoms with Gasteiger partial charge in [0, 0.05) is 43.7 Å². The van der Waals surface area contributed by atoms with E-state index < -0.39 is 0 Å². The van der Waals surface area contributed by atoms with Crippen LogP contribution in [0.2, 0.25) is 0 Å². The Hall–Kier alpha value is -6.84. The topological polar surface area (TPSA) is 23.0 Å². The summed E-state index contributed by atoms with van der Waals surface area (Å²) in [6.45, 7) is 0. The molecule has 0 saturated carbocycles. The fourth-order valence-corrected chi connectivity index (χ4v) is 8.19. The summed E-state index contributed by atoms with van der Waals surface area (Å²) < 4.78 is 12.0. The highest BCUT2D eigenvalue weighted by Crippen LogP contribution is 2.44. The van der Waals surface area contributed by atoms with Crippen molar-refractivity contribution in [1.29, 1.82) is 0 Å². The van der Waals surface area contributed by atoms with E-state index in [1.807, 2.05) is 0 Å². The smallest absolute Gasteiger partial charge is 0.160 e. The highest BCUT2D eigenvalue weighted by Gasteiger charge is 2.23. The maximum absolute atomic E-state index is 7.21. The molecule has 3 heterocycles. The van der Waals surface area contributed by atoms with E-state index in [0.717, 1.165) is 55.4 Å². The van der Waals surface area contributed by atoms with E-state index in [-0.39, 0.29) is 0 Å². The second-order valence-corrected chi connectivity index (χ2v) is 13.3. The van der Waals surface area contributed by atoms with Crippen LogP contribution in [0.5, 0.6) is 0 Å². The van der Waals surface area contributed by atoms with Gasteiger partial charge in [0.15, 0.2) is 11.2 Å². The molecule has 0 N–H and O–H groups in total. The molecule has 3 aromatic heterocycles. The van der Waals surface area contributed by atoms with Crippen LogP contribution in [0.4, 0.5) is 0 Å². The average Bonchev–Trinajstić information content (AvgIpc) is 3.87. The standard InChI is InChI=1S/C48H30N2O/c1-3-11-31(12-4-1)33-19-23-35(24-20-33)49-43-17-9-7-15-37(43)39-27-29-41-42-30-28-40-38-16-8-10-18-44(38)50(46(40)48(42)51-47(41)45(39)49)36-25-21-34(22-26-36)32-13-5-2-6-14-32/h1-30H. The van der Waals surface area contributed by atoms with Crippen LogP contribution in [0.3, 0.4) is 0 Å². The van der Waals surface area contributed by atoms with Crippen molar-refractivity contribution in [3.05, 3.63) is 182 Å². The van der Waals surface area contributed by atoms with E-state index in [4.69, 9.17) is 4.42 Å². The lowest BCUT2D eigenvalue weighted by Crippen LogP contribution is -1.94. The summed E-state index contributed by atoms with van der Waals surface area (Å²) in [6.07, 6.45) is 0. The number of furan rings is 1. The molecule has 0 aliphatic heterocycles. The molecule has 238 valence electrons. The molecule has 11 aromatic rings. The highest BCUT2D eigenvalue weighted by atomic mass is 16.3. The number of benzene rings is 8. The molecular formula is C48H30N2O. The number of para-hydroxylation sites is 2. The average molecular weight is 651 g/mol. The van der Waals surface area contributed by atoms with Gasteiger partial charge in [0.05, 0.1) is 22.1 Å². The van der Waals surface area contributed by atoms with Gasteiger partial charge < -0.3 is 13.6 Å². The first-order valence-corrected chi connectivity index (χ1v) is 17.4. The minimum atomic E-state index is 0.898. The van der Waals surface area contributed by atoms with Crippen molar-refractivity contribution in [3.63, 3.8) is 0 Å². The van der Waals surface area contributed by atoms with E-state index in [2.05, 4.69) is 191 Å². The van der Waals surface area contributed by atoms with Gasteiger partial charge in [-0.05, 0) is 70.8 Å². The predicted molar refractivity (Wildman–Crippen MR) is 213 cm³/mol. The molecule has 0 aliphatic rings. The number of aromatic nitrogens is 2. The van der Waals surface area contributed by atoms with Crippen molar-refractivity contribution in [1.82, 2.24) is 9.13 Å². The van der Waals surface area contributed by atoms with Gasteiger partial charge in [-0.2, -0.15) is 0 Å². The fraction of sp³-hybridized carbons (Fsp3) is 0. The first-order valence-electron chi connectivity index (χ1n) is 17.4. The van der Waals surface area contributed by atoms with Crippen LogP contribution in [-0.4, -0.2) is 9.13 Å². The second-order valence-electron chi connectivity index (χ2n) is 13.3. The second kappa shape index (κ2) is 10.8. The first-order chi connectivity index (χ1) is 25.3. The zero-order valence-electron chi connectivity index (χ0n) is 27.6. The Morgan fingerprint density at radius 3 is 1.06 bits per heavy atom. The minimum absolute atomic E-state index is 0.898. The molecule has 3 heteroatoms. The molecular weight excluding hydrogens is 621 g/mol. The summed E-state index contributed by atoms with van der Waals surface area (Å²) in [6, 6.07) is 65.3. The quantitative estimate of drug-likeness (QED) is 0.186. The Kier molecular flexibility index (Phi) is 5.96. The normalized spacial score (nSPS) is 11.9. The molecule has 8 aromatic carbocycles. The van der Waals surface area contributed by atoms with E-state index >= 15 is 0 Å². The van der Waals surface area contributed by atoms with E-state index in [1.165, 1.54) is 43.8 Å². The van der Waals surface area contributed by atoms with Gasteiger partial charge in [0.2, 0.25) is 0 Å². The van der Waals surface area contributed by atoms with Crippen LogP contribution in [0.15, 0.2) is 186 Å². The highest BCUT2D eigenvalue weighted by molar-refractivity contribution is 6.26. The maximum atomic E-state index is 7.21. The van der Waals surface area contributed by atoms with Gasteiger partial charge in [0.1, 0.15) is 0 Å². The van der Waals surface area contributed by atoms with Crippen molar-refractivity contribution in [2.45, 2.75) is 0 Å². The third kappa shape index (κ3) is 4.12. The molecule has 51 heavy (non-hydrogen) atoms. The molecule has 0 bridgehead atoms. The lowest BCUT2D eigenvalue weighted by atomic mass is 10.1. The Balaban J connectivity index is 1.19. The lowest BCUT2D eigenvalue weighted by molar-refractivity contribution is 0.673. The molecule has 0 atom stereocenters. The zero-order valence-corrected chi connectivity index (χ0v) is 27.6. The molecule has 0 amide bonds. The van der Waals surface area contributed by atoms with Gasteiger partial charge in [-0.15, -0.1) is 0 Å². The summed E-state index contributed by atoms with van der Waals surface area (Å²) >= 11 is 0. The van der Waals surface area contributed by atoms with Crippen molar-refractivity contribution in [3.8, 4) is 33.6 Å². The van der Waals surface area contributed by atoms with Crippen molar-refractivity contribution in [2.24, 2.45) is 0 Å². The molecule has 0 saturated heterocycles. The monoisotopic (exact) mass is 650 g/mol. The van der Waals surface area contributed by atoms with Gasteiger partial charge in [-0.1, -0.05) is 133 Å². The number of hydrogen-bond donors (Lipinski definition) is 0. The summed E-state index contributed by atoms with van der Waals surface area (Å²) in [5.74, 6) is 0.